The van der Waals surface area contributed by atoms with Crippen LogP contribution in [0.4, 0.5) is 4.39 Å². The molecular weight excluding hydrogens is 403 g/mol. The van der Waals surface area contributed by atoms with E-state index in [1.807, 2.05) is 13.0 Å². The number of pyridine rings is 1. The van der Waals surface area contributed by atoms with E-state index in [0.717, 1.165) is 11.1 Å². The standard InChI is InChI=1S/C24H22ClFN2O2/c1-3-28(2)24(30)20-12-10-19(15-21(20)26)16-6-8-17(9-7-16)22(29)13-11-18-5-4-14-27-23(18)25/h4-10,12,14-15H,3,11,13H2,1-2H3. The molecule has 1 amide bonds. The molecule has 2 aromatic carbocycles. The zero-order chi connectivity index (χ0) is 21.7. The van der Waals surface area contributed by atoms with Gasteiger partial charge in [-0.05, 0) is 48.2 Å². The Bertz CT molecular complexity index is 1070. The third-order valence-corrected chi connectivity index (χ3v) is 5.36. The van der Waals surface area contributed by atoms with Crippen LogP contribution in [0.25, 0.3) is 11.1 Å². The molecule has 0 aliphatic carbocycles. The van der Waals surface area contributed by atoms with Crippen molar-refractivity contribution in [3.63, 3.8) is 0 Å². The van der Waals surface area contributed by atoms with E-state index in [2.05, 4.69) is 4.98 Å². The zero-order valence-electron chi connectivity index (χ0n) is 16.9. The Hall–Kier alpha value is -3.05. The van der Waals surface area contributed by atoms with Crippen LogP contribution < -0.4 is 0 Å². The Morgan fingerprint density at radius 3 is 2.40 bits per heavy atom. The van der Waals surface area contributed by atoms with Gasteiger partial charge < -0.3 is 4.90 Å². The SMILES string of the molecule is CCN(C)C(=O)c1ccc(-c2ccc(C(=O)CCc3cccnc3Cl)cc2)cc1F. The van der Waals surface area contributed by atoms with Gasteiger partial charge in [0, 0.05) is 31.8 Å². The predicted octanol–water partition coefficient (Wildman–Crippen LogP) is 5.45. The molecule has 0 saturated heterocycles. The first kappa shape index (κ1) is 21.7. The first-order chi connectivity index (χ1) is 14.4. The maximum Gasteiger partial charge on any atom is 0.256 e. The predicted molar refractivity (Wildman–Crippen MR) is 116 cm³/mol. The smallest absolute Gasteiger partial charge is 0.256 e. The van der Waals surface area contributed by atoms with Crippen molar-refractivity contribution < 1.29 is 14.0 Å². The fraction of sp³-hybridized carbons (Fsp3) is 0.208. The van der Waals surface area contributed by atoms with Crippen LogP contribution >= 0.6 is 11.6 Å². The molecule has 30 heavy (non-hydrogen) atoms. The second kappa shape index (κ2) is 9.63. The molecule has 3 aromatic rings. The summed E-state index contributed by atoms with van der Waals surface area (Å²) < 4.78 is 14.5. The number of hydrogen-bond donors (Lipinski definition) is 0. The number of rotatable bonds is 7. The molecule has 6 heteroatoms. The first-order valence-corrected chi connectivity index (χ1v) is 10.1. The molecule has 0 radical (unpaired) electrons. The minimum absolute atomic E-state index is 0.00352. The summed E-state index contributed by atoms with van der Waals surface area (Å²) in [5.41, 5.74) is 2.87. The second-order valence-electron chi connectivity index (χ2n) is 6.97. The molecular formula is C24H22ClFN2O2. The Kier molecular flexibility index (Phi) is 6.95. The Balaban J connectivity index is 1.71. The fourth-order valence-corrected chi connectivity index (χ4v) is 3.28. The van der Waals surface area contributed by atoms with Gasteiger partial charge in [-0.15, -0.1) is 0 Å². The summed E-state index contributed by atoms with van der Waals surface area (Å²) in [7, 11) is 1.63. The minimum atomic E-state index is -0.564. The molecule has 0 aliphatic heterocycles. The molecule has 154 valence electrons. The molecule has 1 aromatic heterocycles. The quantitative estimate of drug-likeness (QED) is 0.374. The Labute approximate surface area is 180 Å². The van der Waals surface area contributed by atoms with Crippen LogP contribution in [0.1, 0.15) is 39.6 Å². The maximum absolute atomic E-state index is 14.5. The normalized spacial score (nSPS) is 10.7. The van der Waals surface area contributed by atoms with Crippen molar-refractivity contribution >= 4 is 23.3 Å². The number of carbonyl (C=O) groups excluding carboxylic acids is 2. The molecule has 3 rings (SSSR count). The molecule has 0 aliphatic rings. The molecule has 0 fully saturated rings. The maximum atomic E-state index is 14.5. The summed E-state index contributed by atoms with van der Waals surface area (Å²) in [6.07, 6.45) is 2.45. The lowest BCUT2D eigenvalue weighted by atomic mass is 9.99. The van der Waals surface area contributed by atoms with Crippen LogP contribution in [-0.4, -0.2) is 35.2 Å². The molecule has 0 bridgehead atoms. The van der Waals surface area contributed by atoms with Crippen LogP contribution in [-0.2, 0) is 6.42 Å². The van der Waals surface area contributed by atoms with E-state index in [-0.39, 0.29) is 17.3 Å². The number of aromatic nitrogens is 1. The Morgan fingerprint density at radius 1 is 1.07 bits per heavy atom. The van der Waals surface area contributed by atoms with E-state index in [1.54, 1.807) is 49.6 Å². The largest absolute Gasteiger partial charge is 0.342 e. The Morgan fingerprint density at radius 2 is 1.77 bits per heavy atom. The van der Waals surface area contributed by atoms with Crippen molar-refractivity contribution in [2.75, 3.05) is 13.6 Å². The lowest BCUT2D eigenvalue weighted by Gasteiger charge is -2.15. The van der Waals surface area contributed by atoms with Gasteiger partial charge in [-0.1, -0.05) is 48.0 Å². The van der Waals surface area contributed by atoms with Gasteiger partial charge in [0.2, 0.25) is 0 Å². The molecule has 0 N–H and O–H groups in total. The van der Waals surface area contributed by atoms with Crippen molar-refractivity contribution in [1.82, 2.24) is 9.88 Å². The van der Waals surface area contributed by atoms with E-state index in [1.165, 1.54) is 17.0 Å². The molecule has 0 spiro atoms. The van der Waals surface area contributed by atoms with Crippen molar-refractivity contribution in [3.8, 4) is 11.1 Å². The number of nitrogens with zero attached hydrogens (tertiary/aromatic N) is 2. The lowest BCUT2D eigenvalue weighted by molar-refractivity contribution is 0.0797. The van der Waals surface area contributed by atoms with Gasteiger partial charge in [0.25, 0.3) is 5.91 Å². The van der Waals surface area contributed by atoms with Gasteiger partial charge in [0.15, 0.2) is 5.78 Å². The highest BCUT2D eigenvalue weighted by atomic mass is 35.5. The van der Waals surface area contributed by atoms with Crippen LogP contribution in [0, 0.1) is 5.82 Å². The van der Waals surface area contributed by atoms with Crippen molar-refractivity contribution in [2.24, 2.45) is 0 Å². The summed E-state index contributed by atoms with van der Waals surface area (Å²) in [5, 5.41) is 0.412. The average molecular weight is 425 g/mol. The van der Waals surface area contributed by atoms with E-state index in [0.29, 0.717) is 35.7 Å². The summed E-state index contributed by atoms with van der Waals surface area (Å²) in [6, 6.07) is 15.2. The van der Waals surface area contributed by atoms with E-state index in [4.69, 9.17) is 11.6 Å². The fourth-order valence-electron chi connectivity index (χ4n) is 3.06. The molecule has 1 heterocycles. The number of ketones is 1. The lowest BCUT2D eigenvalue weighted by Crippen LogP contribution is -2.27. The van der Waals surface area contributed by atoms with Gasteiger partial charge in [0.05, 0.1) is 5.56 Å². The van der Waals surface area contributed by atoms with Crippen LogP contribution in [0.5, 0.6) is 0 Å². The first-order valence-electron chi connectivity index (χ1n) is 9.68. The molecule has 0 atom stereocenters. The number of halogens is 2. The summed E-state index contributed by atoms with van der Waals surface area (Å²) >= 11 is 6.03. The average Bonchev–Trinajstić information content (AvgIpc) is 2.77. The topological polar surface area (TPSA) is 50.3 Å². The third-order valence-electron chi connectivity index (χ3n) is 5.02. The second-order valence-corrected chi connectivity index (χ2v) is 7.33. The summed E-state index contributed by atoms with van der Waals surface area (Å²) in [4.78, 5) is 30.1. The van der Waals surface area contributed by atoms with Crippen LogP contribution in [0.3, 0.4) is 0 Å². The van der Waals surface area contributed by atoms with Crippen molar-refractivity contribution in [3.05, 3.63) is 88.5 Å². The monoisotopic (exact) mass is 424 g/mol. The summed E-state index contributed by atoms with van der Waals surface area (Å²) in [6.45, 7) is 2.33. The zero-order valence-corrected chi connectivity index (χ0v) is 17.6. The summed E-state index contributed by atoms with van der Waals surface area (Å²) in [5.74, 6) is -0.918. The van der Waals surface area contributed by atoms with E-state index in [9.17, 15) is 14.0 Å². The van der Waals surface area contributed by atoms with Gasteiger partial charge in [-0.2, -0.15) is 0 Å². The highest BCUT2D eigenvalue weighted by Gasteiger charge is 2.16. The van der Waals surface area contributed by atoms with Crippen molar-refractivity contribution in [1.29, 1.82) is 0 Å². The number of aryl methyl sites for hydroxylation is 1. The van der Waals surface area contributed by atoms with Gasteiger partial charge in [-0.3, -0.25) is 9.59 Å². The molecule has 4 nitrogen and oxygen atoms in total. The van der Waals surface area contributed by atoms with Gasteiger partial charge in [-0.25, -0.2) is 9.37 Å². The number of amides is 1. The number of carbonyl (C=O) groups is 2. The van der Waals surface area contributed by atoms with Gasteiger partial charge >= 0.3 is 0 Å². The number of benzene rings is 2. The molecule has 0 saturated carbocycles. The molecule has 0 unspecified atom stereocenters. The number of hydrogen-bond acceptors (Lipinski definition) is 3. The highest BCUT2D eigenvalue weighted by molar-refractivity contribution is 6.30. The minimum Gasteiger partial charge on any atom is -0.342 e. The van der Waals surface area contributed by atoms with E-state index >= 15 is 0 Å². The van der Waals surface area contributed by atoms with E-state index < -0.39 is 5.82 Å². The third kappa shape index (κ3) is 4.92. The van der Waals surface area contributed by atoms with Gasteiger partial charge in [0.1, 0.15) is 11.0 Å². The van der Waals surface area contributed by atoms with Crippen LogP contribution in [0.2, 0.25) is 5.15 Å². The highest BCUT2D eigenvalue weighted by Crippen LogP contribution is 2.24. The number of Topliss-reactive ketones (excluding diaryl/α,β-unsaturated/α-hetero) is 1. The van der Waals surface area contributed by atoms with Crippen molar-refractivity contribution in [2.45, 2.75) is 19.8 Å². The van der Waals surface area contributed by atoms with Crippen LogP contribution in [0.15, 0.2) is 60.8 Å².